The van der Waals surface area contributed by atoms with Gasteiger partial charge in [-0.2, -0.15) is 0 Å². The molecular weight excluding hydrogens is 208 g/mol. The summed E-state index contributed by atoms with van der Waals surface area (Å²) in [6, 6.07) is -0.595. The predicted octanol–water partition coefficient (Wildman–Crippen LogP) is 0.428. The van der Waals surface area contributed by atoms with Crippen molar-refractivity contribution in [1.29, 1.82) is 0 Å². The molecule has 0 aliphatic rings. The average Bonchev–Trinajstić information content (AvgIpc) is 2.09. The second kappa shape index (κ2) is 5.84. The minimum absolute atomic E-state index is 0.0404. The van der Waals surface area contributed by atoms with Crippen LogP contribution in [-0.4, -0.2) is 30.1 Å². The summed E-state index contributed by atoms with van der Waals surface area (Å²) in [4.78, 5) is 22.7. The van der Waals surface area contributed by atoms with Crippen LogP contribution >= 0.6 is 0 Å². The largest absolute Gasteiger partial charge is 0.459 e. The molecule has 0 aromatic carbocycles. The molecule has 0 saturated carbocycles. The summed E-state index contributed by atoms with van der Waals surface area (Å²) in [5.74, 6) is -0.753. The lowest BCUT2D eigenvalue weighted by molar-refractivity contribution is -0.154. The van der Waals surface area contributed by atoms with Gasteiger partial charge in [-0.1, -0.05) is 13.8 Å². The lowest BCUT2D eigenvalue weighted by Crippen LogP contribution is -2.46. The van der Waals surface area contributed by atoms with Gasteiger partial charge < -0.3 is 15.8 Å². The molecule has 5 heteroatoms. The van der Waals surface area contributed by atoms with E-state index in [1.165, 1.54) is 0 Å². The fourth-order valence-electron chi connectivity index (χ4n) is 0.957. The Hall–Kier alpha value is -1.10. The number of hydrogen-bond donors (Lipinski definition) is 2. The fraction of sp³-hybridized carbons (Fsp3) is 0.818. The molecular formula is C11H22N2O3. The van der Waals surface area contributed by atoms with E-state index in [9.17, 15) is 9.59 Å². The zero-order valence-electron chi connectivity index (χ0n) is 10.7. The molecule has 1 atom stereocenters. The number of nitrogens with two attached hydrogens (primary N) is 1. The van der Waals surface area contributed by atoms with Gasteiger partial charge in [0.2, 0.25) is 5.91 Å². The van der Waals surface area contributed by atoms with E-state index in [0.29, 0.717) is 0 Å². The molecule has 0 saturated heterocycles. The fourth-order valence-corrected chi connectivity index (χ4v) is 0.957. The van der Waals surface area contributed by atoms with Crippen LogP contribution in [0, 0.1) is 5.92 Å². The topological polar surface area (TPSA) is 81.4 Å². The Morgan fingerprint density at radius 1 is 1.31 bits per heavy atom. The summed E-state index contributed by atoms with van der Waals surface area (Å²) < 4.78 is 5.03. The molecule has 0 unspecified atom stereocenters. The third kappa shape index (κ3) is 6.40. The minimum atomic E-state index is -0.595. The van der Waals surface area contributed by atoms with Crippen LogP contribution in [0.3, 0.4) is 0 Å². The second-order valence-corrected chi connectivity index (χ2v) is 5.07. The van der Waals surface area contributed by atoms with Gasteiger partial charge in [0.25, 0.3) is 0 Å². The highest BCUT2D eigenvalue weighted by atomic mass is 16.6. The first-order valence-corrected chi connectivity index (χ1v) is 5.38. The SMILES string of the molecule is CC(C)[C@@H](N)C(=O)NCC(=O)OC(C)(C)C. The molecule has 0 aliphatic carbocycles. The van der Waals surface area contributed by atoms with Gasteiger partial charge in [0, 0.05) is 0 Å². The van der Waals surface area contributed by atoms with Crippen molar-refractivity contribution in [3.63, 3.8) is 0 Å². The van der Waals surface area contributed by atoms with E-state index in [4.69, 9.17) is 10.5 Å². The first-order chi connectivity index (χ1) is 7.13. The van der Waals surface area contributed by atoms with Crippen LogP contribution in [0.1, 0.15) is 34.6 Å². The van der Waals surface area contributed by atoms with Crippen LogP contribution in [-0.2, 0) is 14.3 Å². The van der Waals surface area contributed by atoms with Crippen molar-refractivity contribution >= 4 is 11.9 Å². The van der Waals surface area contributed by atoms with Gasteiger partial charge in [-0.25, -0.2) is 0 Å². The van der Waals surface area contributed by atoms with E-state index in [1.54, 1.807) is 20.8 Å². The highest BCUT2D eigenvalue weighted by Gasteiger charge is 2.20. The summed E-state index contributed by atoms with van der Waals surface area (Å²) in [7, 11) is 0. The molecule has 0 heterocycles. The zero-order chi connectivity index (χ0) is 12.9. The van der Waals surface area contributed by atoms with Crippen molar-refractivity contribution in [3.8, 4) is 0 Å². The Morgan fingerprint density at radius 2 is 1.81 bits per heavy atom. The maximum atomic E-state index is 11.4. The van der Waals surface area contributed by atoms with Gasteiger partial charge in [0.15, 0.2) is 0 Å². The van der Waals surface area contributed by atoms with Gasteiger partial charge in [-0.05, 0) is 26.7 Å². The summed E-state index contributed by atoms with van der Waals surface area (Å²) >= 11 is 0. The molecule has 16 heavy (non-hydrogen) atoms. The molecule has 0 radical (unpaired) electrons. The van der Waals surface area contributed by atoms with Gasteiger partial charge in [-0.15, -0.1) is 0 Å². The number of carbonyl (C=O) groups excluding carboxylic acids is 2. The van der Waals surface area contributed by atoms with Crippen molar-refractivity contribution in [3.05, 3.63) is 0 Å². The molecule has 0 fully saturated rings. The van der Waals surface area contributed by atoms with E-state index < -0.39 is 17.6 Å². The van der Waals surface area contributed by atoms with Gasteiger partial charge in [0.1, 0.15) is 12.1 Å². The van der Waals surface area contributed by atoms with Crippen LogP contribution in [0.2, 0.25) is 0 Å². The Morgan fingerprint density at radius 3 is 2.19 bits per heavy atom. The zero-order valence-corrected chi connectivity index (χ0v) is 10.7. The third-order valence-corrected chi connectivity index (χ3v) is 1.85. The van der Waals surface area contributed by atoms with E-state index >= 15 is 0 Å². The normalized spacial score (nSPS) is 13.4. The molecule has 0 spiro atoms. The maximum Gasteiger partial charge on any atom is 0.325 e. The molecule has 0 aliphatic heterocycles. The molecule has 3 N–H and O–H groups in total. The van der Waals surface area contributed by atoms with E-state index in [1.807, 2.05) is 13.8 Å². The van der Waals surface area contributed by atoms with Gasteiger partial charge in [0.05, 0.1) is 6.04 Å². The van der Waals surface area contributed by atoms with Crippen LogP contribution in [0.5, 0.6) is 0 Å². The minimum Gasteiger partial charge on any atom is -0.459 e. The molecule has 0 aromatic heterocycles. The van der Waals surface area contributed by atoms with Crippen molar-refractivity contribution in [2.45, 2.75) is 46.3 Å². The second-order valence-electron chi connectivity index (χ2n) is 5.07. The molecule has 0 aromatic rings. The number of amides is 1. The smallest absolute Gasteiger partial charge is 0.325 e. The highest BCUT2D eigenvalue weighted by Crippen LogP contribution is 2.06. The maximum absolute atomic E-state index is 11.4. The molecule has 0 bridgehead atoms. The van der Waals surface area contributed by atoms with Crippen LogP contribution in [0.4, 0.5) is 0 Å². The molecule has 5 nitrogen and oxygen atoms in total. The number of rotatable bonds is 4. The average molecular weight is 230 g/mol. The van der Waals surface area contributed by atoms with E-state index in [2.05, 4.69) is 5.32 Å². The summed E-state index contributed by atoms with van der Waals surface area (Å²) in [5, 5.41) is 2.45. The standard InChI is InChI=1S/C11H22N2O3/c1-7(2)9(12)10(15)13-6-8(14)16-11(3,4)5/h7,9H,6,12H2,1-5H3,(H,13,15)/t9-/m1/s1. The number of ether oxygens (including phenoxy) is 1. The first-order valence-electron chi connectivity index (χ1n) is 5.38. The van der Waals surface area contributed by atoms with Crippen molar-refractivity contribution in [2.24, 2.45) is 11.7 Å². The monoisotopic (exact) mass is 230 g/mol. The Balaban J connectivity index is 3.98. The predicted molar refractivity (Wildman–Crippen MR) is 61.7 cm³/mol. The Labute approximate surface area is 96.7 Å². The molecule has 94 valence electrons. The number of carbonyl (C=O) groups is 2. The number of hydrogen-bond acceptors (Lipinski definition) is 4. The highest BCUT2D eigenvalue weighted by molar-refractivity contribution is 5.85. The quantitative estimate of drug-likeness (QED) is 0.686. The van der Waals surface area contributed by atoms with Crippen LogP contribution in [0.15, 0.2) is 0 Å². The van der Waals surface area contributed by atoms with E-state index in [-0.39, 0.29) is 18.4 Å². The van der Waals surface area contributed by atoms with Gasteiger partial charge in [-0.3, -0.25) is 9.59 Å². The van der Waals surface area contributed by atoms with Crippen molar-refractivity contribution in [1.82, 2.24) is 5.32 Å². The summed E-state index contributed by atoms with van der Waals surface area (Å²) in [5.41, 5.74) is 5.07. The van der Waals surface area contributed by atoms with Crippen LogP contribution in [0.25, 0.3) is 0 Å². The van der Waals surface area contributed by atoms with Gasteiger partial charge >= 0.3 is 5.97 Å². The van der Waals surface area contributed by atoms with Crippen molar-refractivity contribution in [2.75, 3.05) is 6.54 Å². The first kappa shape index (κ1) is 14.9. The lowest BCUT2D eigenvalue weighted by atomic mass is 10.1. The summed E-state index contributed by atoms with van der Waals surface area (Å²) in [6.07, 6.45) is 0. The Kier molecular flexibility index (Phi) is 5.44. The number of esters is 1. The van der Waals surface area contributed by atoms with Crippen molar-refractivity contribution < 1.29 is 14.3 Å². The van der Waals surface area contributed by atoms with E-state index in [0.717, 1.165) is 0 Å². The third-order valence-electron chi connectivity index (χ3n) is 1.85. The molecule has 0 rings (SSSR count). The molecule has 1 amide bonds. The Bertz CT molecular complexity index is 256. The number of nitrogens with one attached hydrogen (secondary N) is 1. The lowest BCUT2D eigenvalue weighted by Gasteiger charge is -2.20. The van der Waals surface area contributed by atoms with Crippen LogP contribution < -0.4 is 11.1 Å². The summed E-state index contributed by atoms with van der Waals surface area (Å²) in [6.45, 7) is 8.86.